The zero-order chi connectivity index (χ0) is 14.5. The minimum atomic E-state index is -3.46. The Labute approximate surface area is 114 Å². The maximum Gasteiger partial charge on any atom is 0.240 e. The molecule has 0 fully saturated rings. The molecule has 0 bridgehead atoms. The van der Waals surface area contributed by atoms with Gasteiger partial charge in [0.15, 0.2) is 0 Å². The van der Waals surface area contributed by atoms with Gasteiger partial charge < -0.3 is 15.8 Å². The van der Waals surface area contributed by atoms with Crippen LogP contribution in [0.5, 0.6) is 0 Å². The number of hydrogen-bond donors (Lipinski definition) is 3. The molecule has 0 saturated carbocycles. The van der Waals surface area contributed by atoms with Crippen LogP contribution in [0.25, 0.3) is 0 Å². The van der Waals surface area contributed by atoms with Crippen molar-refractivity contribution in [2.24, 2.45) is 5.92 Å². The van der Waals surface area contributed by atoms with E-state index >= 15 is 0 Å². The van der Waals surface area contributed by atoms with Gasteiger partial charge >= 0.3 is 0 Å². The minimum Gasteiger partial charge on any atom is -0.397 e. The van der Waals surface area contributed by atoms with Crippen molar-refractivity contribution in [3.05, 3.63) is 18.2 Å². The van der Waals surface area contributed by atoms with Gasteiger partial charge in [0.2, 0.25) is 10.0 Å². The molecule has 0 spiro atoms. The molecule has 0 aliphatic rings. The summed E-state index contributed by atoms with van der Waals surface area (Å²) in [5, 5.41) is 3.17. The lowest BCUT2D eigenvalue weighted by Gasteiger charge is -2.14. The molecule has 1 aromatic carbocycles. The number of sulfonamides is 1. The normalized spacial score (nSPS) is 13.2. The number of rotatable bonds is 7. The first kappa shape index (κ1) is 15.7. The number of hydrogen-bond acceptors (Lipinski definition) is 5. The summed E-state index contributed by atoms with van der Waals surface area (Å²) >= 11 is 0. The van der Waals surface area contributed by atoms with E-state index in [0.717, 1.165) is 5.69 Å². The fourth-order valence-electron chi connectivity index (χ4n) is 1.61. The highest BCUT2D eigenvalue weighted by atomic mass is 32.2. The number of anilines is 2. The third kappa shape index (κ3) is 4.38. The van der Waals surface area contributed by atoms with E-state index < -0.39 is 10.0 Å². The zero-order valence-corrected chi connectivity index (χ0v) is 12.3. The van der Waals surface area contributed by atoms with Gasteiger partial charge in [-0.05, 0) is 31.2 Å². The van der Waals surface area contributed by atoms with Crippen molar-refractivity contribution >= 4 is 21.4 Å². The molecule has 6 nitrogen and oxygen atoms in total. The molecule has 0 radical (unpaired) electrons. The molecule has 0 saturated heterocycles. The van der Waals surface area contributed by atoms with E-state index in [4.69, 9.17) is 10.5 Å². The fourth-order valence-corrected chi connectivity index (χ4v) is 2.38. The van der Waals surface area contributed by atoms with Gasteiger partial charge in [-0.3, -0.25) is 0 Å². The van der Waals surface area contributed by atoms with Crippen LogP contribution >= 0.6 is 0 Å². The molecule has 0 amide bonds. The quantitative estimate of drug-likeness (QED) is 0.647. The first-order chi connectivity index (χ1) is 8.90. The van der Waals surface area contributed by atoms with E-state index in [9.17, 15) is 8.42 Å². The summed E-state index contributed by atoms with van der Waals surface area (Å²) in [4.78, 5) is 0.156. The van der Waals surface area contributed by atoms with Crippen LogP contribution in [0.4, 0.5) is 11.4 Å². The largest absolute Gasteiger partial charge is 0.397 e. The summed E-state index contributed by atoms with van der Waals surface area (Å²) in [7, 11) is -0.435. The molecule has 0 aliphatic carbocycles. The van der Waals surface area contributed by atoms with Crippen molar-refractivity contribution in [1.82, 2.24) is 4.72 Å². The summed E-state index contributed by atoms with van der Waals surface area (Å²) < 4.78 is 30.5. The van der Waals surface area contributed by atoms with E-state index in [1.54, 1.807) is 13.2 Å². The van der Waals surface area contributed by atoms with Crippen LogP contribution in [0, 0.1) is 5.92 Å². The number of nitrogens with one attached hydrogen (secondary N) is 2. The molecule has 4 N–H and O–H groups in total. The molecular weight excluding hydrogens is 266 g/mol. The van der Waals surface area contributed by atoms with E-state index in [1.165, 1.54) is 19.2 Å². The predicted octanol–water partition coefficient (Wildman–Crippen LogP) is 0.871. The van der Waals surface area contributed by atoms with Crippen molar-refractivity contribution in [3.8, 4) is 0 Å². The number of nitrogens with two attached hydrogens (primary N) is 1. The number of benzene rings is 1. The van der Waals surface area contributed by atoms with Gasteiger partial charge in [-0.2, -0.15) is 0 Å². The molecule has 0 aromatic heterocycles. The second-order valence-corrected chi connectivity index (χ2v) is 6.28. The van der Waals surface area contributed by atoms with Gasteiger partial charge in [0, 0.05) is 13.7 Å². The van der Waals surface area contributed by atoms with E-state index in [1.807, 2.05) is 6.92 Å². The van der Waals surface area contributed by atoms with Gasteiger partial charge in [0.25, 0.3) is 0 Å². The third-order valence-electron chi connectivity index (χ3n) is 2.69. The highest BCUT2D eigenvalue weighted by Crippen LogP contribution is 2.22. The topological polar surface area (TPSA) is 93.5 Å². The molecule has 108 valence electrons. The summed E-state index contributed by atoms with van der Waals surface area (Å²) in [6.07, 6.45) is 0. The Bertz CT molecular complexity index is 517. The van der Waals surface area contributed by atoms with Gasteiger partial charge in [-0.15, -0.1) is 0 Å². The monoisotopic (exact) mass is 287 g/mol. The molecule has 1 aromatic rings. The van der Waals surface area contributed by atoms with E-state index in [0.29, 0.717) is 24.8 Å². The van der Waals surface area contributed by atoms with Gasteiger partial charge in [0.05, 0.1) is 22.9 Å². The first-order valence-electron chi connectivity index (χ1n) is 5.96. The summed E-state index contributed by atoms with van der Waals surface area (Å²) in [5.41, 5.74) is 6.97. The Morgan fingerprint density at radius 1 is 1.42 bits per heavy atom. The maximum absolute atomic E-state index is 11.6. The van der Waals surface area contributed by atoms with Crippen molar-refractivity contribution in [1.29, 1.82) is 0 Å². The second-order valence-electron chi connectivity index (χ2n) is 4.40. The Morgan fingerprint density at radius 2 is 2.11 bits per heavy atom. The average Bonchev–Trinajstić information content (AvgIpc) is 2.37. The van der Waals surface area contributed by atoms with Gasteiger partial charge in [-0.25, -0.2) is 13.1 Å². The summed E-state index contributed by atoms with van der Waals surface area (Å²) in [6.45, 7) is 3.40. The smallest absolute Gasteiger partial charge is 0.240 e. The van der Waals surface area contributed by atoms with E-state index in [-0.39, 0.29) is 4.90 Å². The van der Waals surface area contributed by atoms with Crippen LogP contribution in [-0.4, -0.2) is 35.7 Å². The van der Waals surface area contributed by atoms with E-state index in [2.05, 4.69) is 10.0 Å². The van der Waals surface area contributed by atoms with Crippen LogP contribution in [0.1, 0.15) is 6.92 Å². The SMILES string of the molecule is CNS(=O)(=O)c1ccc(NCC(C)COC)c(N)c1. The molecule has 1 atom stereocenters. The molecule has 7 heteroatoms. The Kier molecular flexibility index (Phi) is 5.59. The highest BCUT2D eigenvalue weighted by molar-refractivity contribution is 7.89. The molecule has 0 heterocycles. The maximum atomic E-state index is 11.6. The second kappa shape index (κ2) is 6.74. The number of nitrogen functional groups attached to an aromatic ring is 1. The molecule has 1 unspecified atom stereocenters. The van der Waals surface area contributed by atoms with Gasteiger partial charge in [-0.1, -0.05) is 6.92 Å². The third-order valence-corrected chi connectivity index (χ3v) is 4.11. The van der Waals surface area contributed by atoms with Crippen LogP contribution in [0.15, 0.2) is 23.1 Å². The van der Waals surface area contributed by atoms with Crippen LogP contribution in [0.3, 0.4) is 0 Å². The van der Waals surface area contributed by atoms with Crippen molar-refractivity contribution < 1.29 is 13.2 Å². The van der Waals surface area contributed by atoms with Crippen LogP contribution in [0.2, 0.25) is 0 Å². The van der Waals surface area contributed by atoms with Crippen LogP contribution in [-0.2, 0) is 14.8 Å². The molecule has 1 rings (SSSR count). The number of ether oxygens (including phenoxy) is 1. The standard InChI is InChI=1S/C12H21N3O3S/c1-9(8-18-3)7-15-12-5-4-10(6-11(12)13)19(16,17)14-2/h4-6,9,14-15H,7-8,13H2,1-3H3. The lowest BCUT2D eigenvalue weighted by molar-refractivity contribution is 0.164. The van der Waals surface area contributed by atoms with Gasteiger partial charge in [0.1, 0.15) is 0 Å². The van der Waals surface area contributed by atoms with Crippen molar-refractivity contribution in [2.45, 2.75) is 11.8 Å². The Balaban J connectivity index is 2.78. The van der Waals surface area contributed by atoms with Crippen LogP contribution < -0.4 is 15.8 Å². The summed E-state index contributed by atoms with van der Waals surface area (Å²) in [6, 6.07) is 4.62. The summed E-state index contributed by atoms with van der Waals surface area (Å²) in [5.74, 6) is 0.338. The van der Waals surface area contributed by atoms with Crippen molar-refractivity contribution in [2.75, 3.05) is 38.4 Å². The Hall–Kier alpha value is -1.31. The Morgan fingerprint density at radius 3 is 2.63 bits per heavy atom. The lowest BCUT2D eigenvalue weighted by Crippen LogP contribution is -2.19. The minimum absolute atomic E-state index is 0.156. The fraction of sp³-hybridized carbons (Fsp3) is 0.500. The highest BCUT2D eigenvalue weighted by Gasteiger charge is 2.13. The molecule has 0 aliphatic heterocycles. The first-order valence-corrected chi connectivity index (χ1v) is 7.45. The predicted molar refractivity (Wildman–Crippen MR) is 76.6 cm³/mol. The zero-order valence-electron chi connectivity index (χ0n) is 11.4. The molecule has 19 heavy (non-hydrogen) atoms. The lowest BCUT2D eigenvalue weighted by atomic mass is 10.2. The number of methoxy groups -OCH3 is 1. The van der Waals surface area contributed by atoms with Crippen molar-refractivity contribution in [3.63, 3.8) is 0 Å². The molecular formula is C12H21N3O3S. The average molecular weight is 287 g/mol.